The van der Waals surface area contributed by atoms with Gasteiger partial charge in [0.2, 0.25) is 20.0 Å². The Bertz CT molecular complexity index is 949. The van der Waals surface area contributed by atoms with Gasteiger partial charge >= 0.3 is 12.2 Å². The molecular weight excluding hydrogens is 540 g/mol. The third-order valence-corrected chi connectivity index (χ3v) is 5.93. The zero-order chi connectivity index (χ0) is 29.8. The number of nitrogens with two attached hydrogens (primary N) is 2. The zero-order valence-corrected chi connectivity index (χ0v) is 25.1. The van der Waals surface area contributed by atoms with Gasteiger partial charge in [0.1, 0.15) is 11.2 Å². The molecule has 2 aliphatic rings. The average Bonchev–Trinajstić information content (AvgIpc) is 2.76. The Morgan fingerprint density at radius 1 is 0.816 bits per heavy atom. The summed E-state index contributed by atoms with van der Waals surface area (Å²) in [7, 11) is -6.82. The minimum atomic E-state index is -3.42. The Morgan fingerprint density at radius 2 is 1.18 bits per heavy atom. The molecule has 0 bridgehead atoms. The highest BCUT2D eigenvalue weighted by Gasteiger charge is 2.26. The van der Waals surface area contributed by atoms with Gasteiger partial charge in [-0.15, -0.1) is 0 Å². The number of ether oxygens (including phenoxy) is 2. The van der Waals surface area contributed by atoms with Crippen LogP contribution in [0.15, 0.2) is 12.0 Å². The van der Waals surface area contributed by atoms with Crippen molar-refractivity contribution >= 4 is 32.2 Å². The standard InChI is InChI=1S/C11H23N3O4S.C9H18N2O2.C2H5NO2S/c1-11(2,3)18-10(15)14-6-4-13(5-7-14)8-9-19(12,16)17;1-9(2,3)13-8(12)11-6-4-10-5-7-11;1-2-6(3,4)5/h4-9H2,1-3H3,(H2,12,16,17);10H,4-7H2,1-3H3;2H,1H2,(H2,3,4,5). The molecule has 0 unspecified atom stereocenters. The number of primary sulfonamides is 2. The molecule has 2 heterocycles. The Labute approximate surface area is 227 Å². The molecule has 5 N–H and O–H groups in total. The van der Waals surface area contributed by atoms with Crippen molar-refractivity contribution in [3.63, 3.8) is 0 Å². The number of carbonyl (C=O) groups excluding carboxylic acids is 2. The molecule has 16 heteroatoms. The second kappa shape index (κ2) is 15.6. The minimum Gasteiger partial charge on any atom is -0.444 e. The van der Waals surface area contributed by atoms with E-state index in [-0.39, 0.29) is 23.5 Å². The zero-order valence-electron chi connectivity index (χ0n) is 23.4. The van der Waals surface area contributed by atoms with Crippen LogP contribution in [-0.4, -0.2) is 120 Å². The van der Waals surface area contributed by atoms with Crippen LogP contribution in [0, 0.1) is 0 Å². The van der Waals surface area contributed by atoms with Crippen molar-refractivity contribution in [1.82, 2.24) is 20.0 Å². The first kappa shape index (κ1) is 36.0. The van der Waals surface area contributed by atoms with Crippen LogP contribution in [0.1, 0.15) is 41.5 Å². The molecule has 0 saturated carbocycles. The van der Waals surface area contributed by atoms with Gasteiger partial charge < -0.3 is 24.6 Å². The summed E-state index contributed by atoms with van der Waals surface area (Å²) in [6, 6.07) is 0. The van der Waals surface area contributed by atoms with Gasteiger partial charge in [0.25, 0.3) is 0 Å². The number of nitrogens with one attached hydrogen (secondary N) is 1. The molecule has 2 aliphatic heterocycles. The molecular formula is C22H46N6O8S2. The van der Waals surface area contributed by atoms with Crippen LogP contribution < -0.4 is 15.6 Å². The van der Waals surface area contributed by atoms with Crippen molar-refractivity contribution in [2.24, 2.45) is 10.3 Å². The molecule has 38 heavy (non-hydrogen) atoms. The number of rotatable bonds is 4. The maximum atomic E-state index is 11.8. The van der Waals surface area contributed by atoms with E-state index in [1.165, 1.54) is 0 Å². The van der Waals surface area contributed by atoms with Gasteiger partial charge in [0.15, 0.2) is 0 Å². The van der Waals surface area contributed by atoms with E-state index in [1.54, 1.807) is 9.80 Å². The number of piperazine rings is 2. The largest absolute Gasteiger partial charge is 0.444 e. The molecule has 0 atom stereocenters. The smallest absolute Gasteiger partial charge is 0.410 e. The van der Waals surface area contributed by atoms with Crippen LogP contribution in [0.3, 0.4) is 0 Å². The summed E-state index contributed by atoms with van der Waals surface area (Å²) in [6.07, 6.45) is -0.521. The van der Waals surface area contributed by atoms with Gasteiger partial charge in [-0.25, -0.2) is 36.7 Å². The maximum absolute atomic E-state index is 11.8. The molecule has 0 spiro atoms. The lowest BCUT2D eigenvalue weighted by Crippen LogP contribution is -2.51. The fraction of sp³-hybridized carbons (Fsp3) is 0.818. The number of sulfonamides is 2. The molecule has 14 nitrogen and oxygen atoms in total. The van der Waals surface area contributed by atoms with Crippen LogP contribution in [0.2, 0.25) is 0 Å². The first-order valence-corrected chi connectivity index (χ1v) is 15.5. The van der Waals surface area contributed by atoms with E-state index in [0.29, 0.717) is 38.1 Å². The van der Waals surface area contributed by atoms with Gasteiger partial charge in [0.05, 0.1) is 5.75 Å². The van der Waals surface area contributed by atoms with Crippen LogP contribution in [-0.2, 0) is 29.5 Å². The van der Waals surface area contributed by atoms with Crippen LogP contribution in [0.4, 0.5) is 9.59 Å². The lowest BCUT2D eigenvalue weighted by Gasteiger charge is -2.35. The summed E-state index contributed by atoms with van der Waals surface area (Å²) in [5, 5.41) is 13.2. The van der Waals surface area contributed by atoms with Crippen molar-refractivity contribution in [3.05, 3.63) is 12.0 Å². The second-order valence-electron chi connectivity index (χ2n) is 10.6. The van der Waals surface area contributed by atoms with Gasteiger partial charge in [-0.2, -0.15) is 0 Å². The lowest BCUT2D eigenvalue weighted by atomic mass is 10.2. The lowest BCUT2D eigenvalue weighted by molar-refractivity contribution is 0.0148. The highest BCUT2D eigenvalue weighted by molar-refractivity contribution is 7.92. The summed E-state index contributed by atoms with van der Waals surface area (Å²) >= 11 is 0. The van der Waals surface area contributed by atoms with Crippen molar-refractivity contribution in [2.75, 3.05) is 64.7 Å². The Balaban J connectivity index is 0.000000620. The molecule has 2 saturated heterocycles. The number of nitrogens with zero attached hydrogens (tertiary/aromatic N) is 3. The van der Waals surface area contributed by atoms with Crippen LogP contribution >= 0.6 is 0 Å². The predicted molar refractivity (Wildman–Crippen MR) is 146 cm³/mol. The summed E-state index contributed by atoms with van der Waals surface area (Å²) in [6.45, 7) is 20.0. The topological polar surface area (TPSA) is 195 Å². The summed E-state index contributed by atoms with van der Waals surface area (Å²) < 4.78 is 51.6. The van der Waals surface area contributed by atoms with Gasteiger partial charge in [-0.3, -0.25) is 4.90 Å². The fourth-order valence-electron chi connectivity index (χ4n) is 2.91. The normalized spacial score (nSPS) is 17.3. The first-order chi connectivity index (χ1) is 17.1. The van der Waals surface area contributed by atoms with Gasteiger partial charge in [-0.1, -0.05) is 6.58 Å². The van der Waals surface area contributed by atoms with Crippen molar-refractivity contribution in [2.45, 2.75) is 52.7 Å². The molecule has 0 aliphatic carbocycles. The maximum Gasteiger partial charge on any atom is 0.410 e. The first-order valence-electron chi connectivity index (χ1n) is 12.2. The number of carbonyl (C=O) groups is 2. The Hall–Kier alpha value is -1.98. The van der Waals surface area contributed by atoms with E-state index in [2.05, 4.69) is 17.0 Å². The Kier molecular flexibility index (Phi) is 14.8. The quantitative estimate of drug-likeness (QED) is 0.406. The van der Waals surface area contributed by atoms with Gasteiger partial charge in [0, 0.05) is 64.3 Å². The highest BCUT2D eigenvalue weighted by Crippen LogP contribution is 2.12. The SMILES string of the molecule is C=CS(N)(=O)=O.CC(C)(C)OC(=O)N1CCN(CCS(N)(=O)=O)CC1.CC(C)(C)OC(=O)N1CCNCC1. The summed E-state index contributed by atoms with van der Waals surface area (Å²) in [5.74, 6) is -0.0561. The van der Waals surface area contributed by atoms with E-state index < -0.39 is 25.6 Å². The molecule has 2 fully saturated rings. The monoisotopic (exact) mass is 586 g/mol. The van der Waals surface area contributed by atoms with Crippen LogP contribution in [0.25, 0.3) is 0 Å². The number of amides is 2. The number of hydrogen-bond acceptors (Lipinski definition) is 10. The van der Waals surface area contributed by atoms with E-state index in [1.807, 2.05) is 46.4 Å². The van der Waals surface area contributed by atoms with E-state index in [4.69, 9.17) is 14.6 Å². The van der Waals surface area contributed by atoms with Gasteiger partial charge in [-0.05, 0) is 41.5 Å². The molecule has 0 aromatic rings. The molecule has 0 aromatic carbocycles. The molecule has 2 amide bonds. The van der Waals surface area contributed by atoms with Crippen molar-refractivity contribution in [3.8, 4) is 0 Å². The van der Waals surface area contributed by atoms with Crippen LogP contribution in [0.5, 0.6) is 0 Å². The molecule has 0 aromatic heterocycles. The fourth-order valence-corrected chi connectivity index (χ4v) is 3.42. The highest BCUT2D eigenvalue weighted by atomic mass is 32.2. The summed E-state index contributed by atoms with van der Waals surface area (Å²) in [5.41, 5.74) is -0.885. The van der Waals surface area contributed by atoms with E-state index in [0.717, 1.165) is 26.2 Å². The molecule has 0 radical (unpaired) electrons. The third kappa shape index (κ3) is 20.0. The summed E-state index contributed by atoms with van der Waals surface area (Å²) in [4.78, 5) is 28.6. The van der Waals surface area contributed by atoms with Crippen molar-refractivity contribution < 1.29 is 35.9 Å². The van der Waals surface area contributed by atoms with Crippen molar-refractivity contribution in [1.29, 1.82) is 0 Å². The Morgan fingerprint density at radius 3 is 1.50 bits per heavy atom. The molecule has 224 valence electrons. The predicted octanol–water partition coefficient (Wildman–Crippen LogP) is 0.0727. The average molecular weight is 587 g/mol. The van der Waals surface area contributed by atoms with E-state index >= 15 is 0 Å². The number of hydrogen-bond donors (Lipinski definition) is 3. The molecule has 2 rings (SSSR count). The second-order valence-corrected chi connectivity index (χ2v) is 13.9. The van der Waals surface area contributed by atoms with E-state index in [9.17, 15) is 26.4 Å². The third-order valence-electron chi connectivity index (χ3n) is 4.72. The minimum absolute atomic E-state index is 0.0561.